The number of guanidine groups is 1. The summed E-state index contributed by atoms with van der Waals surface area (Å²) in [5.74, 6) is 1.32. The van der Waals surface area contributed by atoms with E-state index < -0.39 is 15.6 Å². The van der Waals surface area contributed by atoms with Crippen molar-refractivity contribution in [2.45, 2.75) is 69.9 Å². The second-order valence-corrected chi connectivity index (χ2v) is 12.4. The number of aliphatic imine (C=N–C) groups is 1. The lowest BCUT2D eigenvalue weighted by Crippen LogP contribution is -2.55. The second kappa shape index (κ2) is 8.81. The zero-order chi connectivity index (χ0) is 24.0. The molecular weight excluding hydrogens is 440 g/mol. The number of sulfonamides is 1. The molecule has 1 amide bonds. The van der Waals surface area contributed by atoms with Crippen LogP contribution in [-0.2, 0) is 14.8 Å². The molecule has 0 N–H and O–H groups in total. The standard InChI is InChI=1S/C24H36N4O4S/c1-17(2)18-8-10-20(11-9-18)33(30,31)28-16-21(19-6-7-19)25-22(28)26-12-14-27(15-13-26)23(29)32-24(3,4)5/h8-11,17,19,21H,6-7,12-16H2,1-5H3/t21-/m0/s1. The van der Waals surface area contributed by atoms with E-state index in [9.17, 15) is 13.2 Å². The lowest BCUT2D eigenvalue weighted by Gasteiger charge is -2.38. The molecule has 2 fully saturated rings. The Hall–Kier alpha value is -2.29. The zero-order valence-electron chi connectivity index (χ0n) is 20.3. The van der Waals surface area contributed by atoms with Crippen molar-refractivity contribution in [3.63, 3.8) is 0 Å². The van der Waals surface area contributed by atoms with Crippen LogP contribution in [0.2, 0.25) is 0 Å². The van der Waals surface area contributed by atoms with Crippen molar-refractivity contribution in [1.82, 2.24) is 14.1 Å². The number of ether oxygens (including phenoxy) is 1. The second-order valence-electron chi connectivity index (χ2n) is 10.5. The molecule has 0 radical (unpaired) electrons. The van der Waals surface area contributed by atoms with Crippen molar-refractivity contribution < 1.29 is 17.9 Å². The Morgan fingerprint density at radius 3 is 2.18 bits per heavy atom. The number of rotatable bonds is 4. The fraction of sp³-hybridized carbons (Fsp3) is 0.667. The fourth-order valence-corrected chi connectivity index (χ4v) is 5.71. The molecule has 182 valence electrons. The Morgan fingerprint density at radius 2 is 1.67 bits per heavy atom. The number of hydrogen-bond donors (Lipinski definition) is 0. The third-order valence-electron chi connectivity index (χ3n) is 6.37. The van der Waals surface area contributed by atoms with E-state index in [0.717, 1.165) is 18.4 Å². The van der Waals surface area contributed by atoms with E-state index in [1.165, 1.54) is 4.31 Å². The van der Waals surface area contributed by atoms with Gasteiger partial charge < -0.3 is 14.5 Å². The minimum Gasteiger partial charge on any atom is -0.444 e. The van der Waals surface area contributed by atoms with Crippen molar-refractivity contribution in [2.75, 3.05) is 32.7 Å². The van der Waals surface area contributed by atoms with E-state index in [0.29, 0.717) is 55.4 Å². The third-order valence-corrected chi connectivity index (χ3v) is 8.13. The minimum atomic E-state index is -3.72. The lowest BCUT2D eigenvalue weighted by molar-refractivity contribution is 0.0183. The van der Waals surface area contributed by atoms with E-state index in [1.54, 1.807) is 17.0 Å². The van der Waals surface area contributed by atoms with Crippen molar-refractivity contribution >= 4 is 22.1 Å². The monoisotopic (exact) mass is 476 g/mol. The summed E-state index contributed by atoms with van der Waals surface area (Å²) in [6.07, 6.45) is 1.87. The van der Waals surface area contributed by atoms with Gasteiger partial charge in [0.25, 0.3) is 10.0 Å². The van der Waals surface area contributed by atoms with E-state index >= 15 is 0 Å². The van der Waals surface area contributed by atoms with Crippen LogP contribution < -0.4 is 0 Å². The van der Waals surface area contributed by atoms with Crippen LogP contribution in [0.5, 0.6) is 0 Å². The lowest BCUT2D eigenvalue weighted by atomic mass is 10.0. The van der Waals surface area contributed by atoms with Crippen LogP contribution in [0.15, 0.2) is 34.2 Å². The predicted molar refractivity (Wildman–Crippen MR) is 128 cm³/mol. The first kappa shape index (κ1) is 23.9. The van der Waals surface area contributed by atoms with Crippen molar-refractivity contribution in [1.29, 1.82) is 0 Å². The van der Waals surface area contributed by atoms with Crippen LogP contribution in [0.3, 0.4) is 0 Å². The summed E-state index contributed by atoms with van der Waals surface area (Å²) in [6.45, 7) is 12.1. The van der Waals surface area contributed by atoms with Gasteiger partial charge in [-0.2, -0.15) is 0 Å². The number of carbonyl (C=O) groups is 1. The van der Waals surface area contributed by atoms with Gasteiger partial charge in [-0.3, -0.25) is 0 Å². The van der Waals surface area contributed by atoms with E-state index in [4.69, 9.17) is 9.73 Å². The summed E-state index contributed by atoms with van der Waals surface area (Å²) >= 11 is 0. The van der Waals surface area contributed by atoms with Gasteiger partial charge in [-0.05, 0) is 63.1 Å². The molecule has 0 unspecified atom stereocenters. The SMILES string of the molecule is CC(C)c1ccc(S(=O)(=O)N2C[C@@H](C3CC3)N=C2N2CCN(C(=O)OC(C)(C)C)CC2)cc1. The Kier molecular flexibility index (Phi) is 6.37. The summed E-state index contributed by atoms with van der Waals surface area (Å²) in [5.41, 5.74) is 0.565. The molecule has 0 aromatic heterocycles. The van der Waals surface area contributed by atoms with Gasteiger partial charge in [0.1, 0.15) is 5.60 Å². The van der Waals surface area contributed by atoms with Crippen molar-refractivity contribution in [3.05, 3.63) is 29.8 Å². The van der Waals surface area contributed by atoms with E-state index in [-0.39, 0.29) is 12.1 Å². The Bertz CT molecular complexity index is 1000. The van der Waals surface area contributed by atoms with Crippen molar-refractivity contribution in [2.24, 2.45) is 10.9 Å². The number of carbonyl (C=O) groups excluding carboxylic acids is 1. The number of piperazine rings is 1. The van der Waals surface area contributed by atoms with Crippen LogP contribution in [0.4, 0.5) is 4.79 Å². The molecule has 2 heterocycles. The number of nitrogens with zero attached hydrogens (tertiary/aromatic N) is 4. The molecule has 0 spiro atoms. The highest BCUT2D eigenvalue weighted by Crippen LogP contribution is 2.38. The molecule has 9 heteroatoms. The summed E-state index contributed by atoms with van der Waals surface area (Å²) in [4.78, 5) is 21.3. The predicted octanol–water partition coefficient (Wildman–Crippen LogP) is 3.50. The Morgan fingerprint density at radius 1 is 1.06 bits per heavy atom. The third kappa shape index (κ3) is 5.28. The molecule has 1 aliphatic carbocycles. The normalized spacial score (nSPS) is 22.1. The van der Waals surface area contributed by atoms with Crippen LogP contribution in [-0.4, -0.2) is 78.9 Å². The number of hydrogen-bond acceptors (Lipinski definition) is 6. The average molecular weight is 477 g/mol. The van der Waals surface area contributed by atoms with Gasteiger partial charge in [-0.25, -0.2) is 22.5 Å². The summed E-state index contributed by atoms with van der Waals surface area (Å²) < 4.78 is 34.2. The quantitative estimate of drug-likeness (QED) is 0.664. The Balaban J connectivity index is 1.51. The molecule has 4 rings (SSSR count). The molecule has 1 aromatic rings. The molecule has 0 bridgehead atoms. The van der Waals surface area contributed by atoms with Gasteiger partial charge in [-0.15, -0.1) is 0 Å². The highest BCUT2D eigenvalue weighted by atomic mass is 32.2. The molecule has 2 aliphatic heterocycles. The maximum atomic E-state index is 13.6. The summed E-state index contributed by atoms with van der Waals surface area (Å²) in [7, 11) is -3.72. The first-order valence-electron chi connectivity index (χ1n) is 11.9. The van der Waals surface area contributed by atoms with E-state index in [1.807, 2.05) is 37.8 Å². The van der Waals surface area contributed by atoms with Gasteiger partial charge in [0.15, 0.2) is 0 Å². The molecule has 1 saturated carbocycles. The average Bonchev–Trinajstić information content (AvgIpc) is 3.50. The number of benzene rings is 1. The smallest absolute Gasteiger partial charge is 0.410 e. The highest BCUT2D eigenvalue weighted by molar-refractivity contribution is 7.89. The van der Waals surface area contributed by atoms with Gasteiger partial charge in [0.05, 0.1) is 17.5 Å². The fourth-order valence-electron chi connectivity index (χ4n) is 4.25. The van der Waals surface area contributed by atoms with Crippen molar-refractivity contribution in [3.8, 4) is 0 Å². The van der Waals surface area contributed by atoms with Crippen LogP contribution >= 0.6 is 0 Å². The molecule has 3 aliphatic rings. The summed E-state index contributed by atoms with van der Waals surface area (Å²) in [6, 6.07) is 7.19. The zero-order valence-corrected chi connectivity index (χ0v) is 21.1. The highest BCUT2D eigenvalue weighted by Gasteiger charge is 2.44. The minimum absolute atomic E-state index is 0.00796. The van der Waals surface area contributed by atoms with Gasteiger partial charge in [-0.1, -0.05) is 26.0 Å². The Labute approximate surface area is 197 Å². The molecular formula is C24H36N4O4S. The maximum absolute atomic E-state index is 13.6. The first-order valence-corrected chi connectivity index (χ1v) is 13.3. The molecule has 1 saturated heterocycles. The largest absolute Gasteiger partial charge is 0.444 e. The first-order chi connectivity index (χ1) is 15.5. The van der Waals surface area contributed by atoms with Gasteiger partial charge in [0.2, 0.25) is 5.96 Å². The van der Waals surface area contributed by atoms with Crippen LogP contribution in [0, 0.1) is 5.92 Å². The van der Waals surface area contributed by atoms with Gasteiger partial charge >= 0.3 is 6.09 Å². The van der Waals surface area contributed by atoms with E-state index in [2.05, 4.69) is 13.8 Å². The van der Waals surface area contributed by atoms with Crippen LogP contribution in [0.25, 0.3) is 0 Å². The summed E-state index contributed by atoms with van der Waals surface area (Å²) in [5, 5.41) is 0. The molecule has 8 nitrogen and oxygen atoms in total. The maximum Gasteiger partial charge on any atom is 0.410 e. The van der Waals surface area contributed by atoms with Crippen LogP contribution in [0.1, 0.15) is 58.9 Å². The number of amides is 1. The van der Waals surface area contributed by atoms with Gasteiger partial charge in [0, 0.05) is 26.2 Å². The molecule has 33 heavy (non-hydrogen) atoms. The molecule has 1 aromatic carbocycles. The molecule has 1 atom stereocenters. The topological polar surface area (TPSA) is 82.5 Å².